The van der Waals surface area contributed by atoms with Gasteiger partial charge in [-0.15, -0.1) is 11.8 Å². The van der Waals surface area contributed by atoms with Gasteiger partial charge in [0.05, 0.1) is 0 Å². The predicted molar refractivity (Wildman–Crippen MR) is 83.2 cm³/mol. The van der Waals surface area contributed by atoms with E-state index in [9.17, 15) is 0 Å². The maximum absolute atomic E-state index is 3.51. The summed E-state index contributed by atoms with van der Waals surface area (Å²) in [6, 6.07) is 8.95. The number of benzene rings is 1. The minimum absolute atomic E-state index is 0.185. The summed E-state index contributed by atoms with van der Waals surface area (Å²) < 4.78 is 0. The fraction of sp³-hybridized carbons (Fsp3) is 0.625. The van der Waals surface area contributed by atoms with Crippen LogP contribution >= 0.6 is 11.8 Å². The van der Waals surface area contributed by atoms with Crippen molar-refractivity contribution in [2.75, 3.05) is 5.75 Å². The summed E-state index contributed by atoms with van der Waals surface area (Å²) in [5.74, 6) is 2.02. The van der Waals surface area contributed by atoms with Crippen LogP contribution in [0.2, 0.25) is 0 Å². The number of nitrogens with one attached hydrogen (secondary N) is 1. The number of hydrogen-bond acceptors (Lipinski definition) is 2. The van der Waals surface area contributed by atoms with Crippen molar-refractivity contribution in [3.8, 4) is 0 Å². The molecule has 0 saturated heterocycles. The lowest BCUT2D eigenvalue weighted by Gasteiger charge is -2.20. The first-order chi connectivity index (χ1) is 8.40. The van der Waals surface area contributed by atoms with Gasteiger partial charge in [-0.05, 0) is 44.4 Å². The zero-order valence-electron chi connectivity index (χ0n) is 12.4. The van der Waals surface area contributed by atoms with E-state index >= 15 is 0 Å². The van der Waals surface area contributed by atoms with Gasteiger partial charge in [0.1, 0.15) is 0 Å². The molecule has 0 aliphatic carbocycles. The molecular weight excluding hydrogens is 238 g/mol. The van der Waals surface area contributed by atoms with Crippen molar-refractivity contribution in [3.63, 3.8) is 0 Å². The van der Waals surface area contributed by atoms with Gasteiger partial charge >= 0.3 is 0 Å². The maximum atomic E-state index is 3.51. The summed E-state index contributed by atoms with van der Waals surface area (Å²) in [5.41, 5.74) is 1.54. The van der Waals surface area contributed by atoms with E-state index in [1.165, 1.54) is 22.6 Å². The van der Waals surface area contributed by atoms with E-state index in [4.69, 9.17) is 0 Å². The number of thioether (sulfide) groups is 1. The topological polar surface area (TPSA) is 12.0 Å². The Balaban J connectivity index is 2.42. The first-order valence-corrected chi connectivity index (χ1v) is 7.86. The van der Waals surface area contributed by atoms with Crippen LogP contribution in [0, 0.1) is 5.92 Å². The summed E-state index contributed by atoms with van der Waals surface area (Å²) in [5, 5.41) is 3.51. The van der Waals surface area contributed by atoms with E-state index in [1.807, 2.05) is 11.8 Å². The second-order valence-corrected chi connectivity index (χ2v) is 7.17. The van der Waals surface area contributed by atoms with Gasteiger partial charge in [-0.3, -0.25) is 0 Å². The molecule has 0 spiro atoms. The molecule has 1 atom stereocenters. The zero-order chi connectivity index (χ0) is 13.6. The molecule has 1 N–H and O–H groups in total. The second-order valence-electron chi connectivity index (χ2n) is 6.07. The average Bonchev–Trinajstić information content (AvgIpc) is 2.33. The zero-order valence-corrected chi connectivity index (χ0v) is 13.2. The van der Waals surface area contributed by atoms with Crippen LogP contribution in [0.1, 0.15) is 46.6 Å². The van der Waals surface area contributed by atoms with Gasteiger partial charge < -0.3 is 5.32 Å². The summed E-state index contributed by atoms with van der Waals surface area (Å²) in [6.07, 6.45) is 1.26. The van der Waals surface area contributed by atoms with Crippen LogP contribution in [0.3, 0.4) is 0 Å². The van der Waals surface area contributed by atoms with E-state index in [0.29, 0.717) is 0 Å². The Morgan fingerprint density at radius 1 is 1.17 bits per heavy atom. The first kappa shape index (κ1) is 15.6. The molecule has 1 aromatic carbocycles. The smallest absolute Gasteiger partial charge is 0.0210 e. The molecular formula is C16H27NS. The molecule has 1 unspecified atom stereocenters. The summed E-state index contributed by atoms with van der Waals surface area (Å²) in [6.45, 7) is 12.1. The van der Waals surface area contributed by atoms with Crippen molar-refractivity contribution in [1.82, 2.24) is 5.32 Å². The highest BCUT2D eigenvalue weighted by molar-refractivity contribution is 7.99. The standard InChI is InChI=1S/C16H27NS/c1-6-13(2)12-18-15-9-7-14(8-10-15)11-17-16(3,4)5/h7-10,13,17H,6,11-12H2,1-5H3. The summed E-state index contributed by atoms with van der Waals surface area (Å²) in [7, 11) is 0. The van der Waals surface area contributed by atoms with Crippen LogP contribution in [0.4, 0.5) is 0 Å². The van der Waals surface area contributed by atoms with Crippen LogP contribution < -0.4 is 5.32 Å². The van der Waals surface area contributed by atoms with Crippen LogP contribution in [0.25, 0.3) is 0 Å². The number of rotatable bonds is 6. The van der Waals surface area contributed by atoms with E-state index in [-0.39, 0.29) is 5.54 Å². The molecule has 0 aromatic heterocycles. The van der Waals surface area contributed by atoms with Gasteiger partial charge in [0.15, 0.2) is 0 Å². The molecule has 18 heavy (non-hydrogen) atoms. The minimum Gasteiger partial charge on any atom is -0.308 e. The molecule has 0 saturated carbocycles. The van der Waals surface area contributed by atoms with Crippen LogP contribution in [0.15, 0.2) is 29.2 Å². The Morgan fingerprint density at radius 3 is 2.28 bits per heavy atom. The van der Waals surface area contributed by atoms with Crippen molar-refractivity contribution in [3.05, 3.63) is 29.8 Å². The van der Waals surface area contributed by atoms with E-state index < -0.39 is 0 Å². The molecule has 102 valence electrons. The lowest BCUT2D eigenvalue weighted by atomic mass is 10.1. The van der Waals surface area contributed by atoms with E-state index in [1.54, 1.807) is 0 Å². The van der Waals surface area contributed by atoms with Crippen LogP contribution in [-0.2, 0) is 6.54 Å². The molecule has 0 heterocycles. The van der Waals surface area contributed by atoms with Crippen LogP contribution in [-0.4, -0.2) is 11.3 Å². The van der Waals surface area contributed by atoms with Crippen molar-refractivity contribution in [2.45, 2.75) is 58.0 Å². The van der Waals surface area contributed by atoms with Crippen molar-refractivity contribution >= 4 is 11.8 Å². The SMILES string of the molecule is CCC(C)CSc1ccc(CNC(C)(C)C)cc1. The van der Waals surface area contributed by atoms with E-state index in [0.717, 1.165) is 12.5 Å². The summed E-state index contributed by atoms with van der Waals surface area (Å²) in [4.78, 5) is 1.38. The van der Waals surface area contributed by atoms with Gasteiger partial charge in [-0.25, -0.2) is 0 Å². The Kier molecular flexibility index (Phi) is 6.24. The lowest BCUT2D eigenvalue weighted by molar-refractivity contribution is 0.424. The Bertz CT molecular complexity index is 337. The third-order valence-electron chi connectivity index (χ3n) is 2.98. The van der Waals surface area contributed by atoms with Crippen LogP contribution in [0.5, 0.6) is 0 Å². The highest BCUT2D eigenvalue weighted by Gasteiger charge is 2.08. The molecule has 0 amide bonds. The largest absolute Gasteiger partial charge is 0.308 e. The Labute approximate surface area is 117 Å². The third kappa shape index (κ3) is 6.46. The highest BCUT2D eigenvalue weighted by atomic mass is 32.2. The van der Waals surface area contributed by atoms with Crippen molar-refractivity contribution < 1.29 is 0 Å². The molecule has 1 nitrogen and oxygen atoms in total. The molecule has 0 aliphatic rings. The number of hydrogen-bond donors (Lipinski definition) is 1. The molecule has 1 rings (SSSR count). The fourth-order valence-corrected chi connectivity index (χ4v) is 2.47. The van der Waals surface area contributed by atoms with Gasteiger partial charge in [0.2, 0.25) is 0 Å². The maximum Gasteiger partial charge on any atom is 0.0210 e. The average molecular weight is 265 g/mol. The fourth-order valence-electron chi connectivity index (χ4n) is 1.43. The van der Waals surface area contributed by atoms with Gasteiger partial charge in [0, 0.05) is 22.7 Å². The normalized spacial score (nSPS) is 13.6. The second kappa shape index (κ2) is 7.20. The summed E-state index contributed by atoms with van der Waals surface area (Å²) >= 11 is 1.97. The molecule has 0 aliphatic heterocycles. The quantitative estimate of drug-likeness (QED) is 0.747. The molecule has 2 heteroatoms. The highest BCUT2D eigenvalue weighted by Crippen LogP contribution is 2.22. The molecule has 0 bridgehead atoms. The molecule has 1 aromatic rings. The van der Waals surface area contributed by atoms with Gasteiger partial charge in [-0.2, -0.15) is 0 Å². The Hall–Kier alpha value is -0.470. The van der Waals surface area contributed by atoms with Crippen molar-refractivity contribution in [1.29, 1.82) is 0 Å². The van der Waals surface area contributed by atoms with Gasteiger partial charge in [0.25, 0.3) is 0 Å². The Morgan fingerprint density at radius 2 is 1.78 bits per heavy atom. The molecule has 0 radical (unpaired) electrons. The monoisotopic (exact) mass is 265 g/mol. The molecule has 0 fully saturated rings. The third-order valence-corrected chi connectivity index (χ3v) is 4.32. The van der Waals surface area contributed by atoms with Crippen molar-refractivity contribution in [2.24, 2.45) is 5.92 Å². The minimum atomic E-state index is 0.185. The predicted octanol–water partition coefficient (Wildman–Crippen LogP) is 4.71. The first-order valence-electron chi connectivity index (χ1n) is 6.87. The van der Waals surface area contributed by atoms with Gasteiger partial charge in [-0.1, -0.05) is 32.4 Å². The van der Waals surface area contributed by atoms with E-state index in [2.05, 4.69) is 64.2 Å². The lowest BCUT2D eigenvalue weighted by Crippen LogP contribution is -2.35.